The van der Waals surface area contributed by atoms with E-state index in [0.29, 0.717) is 34.8 Å². The molecule has 1 fully saturated rings. The predicted molar refractivity (Wildman–Crippen MR) is 120 cm³/mol. The molecule has 2 aromatic heterocycles. The number of nitrogens with one attached hydrogen (secondary N) is 2. The maximum absolute atomic E-state index is 12.6. The quantitative estimate of drug-likeness (QED) is 0.449. The molecule has 4 rings (SSSR count). The van der Waals surface area contributed by atoms with E-state index in [4.69, 9.17) is 4.42 Å². The zero-order valence-electron chi connectivity index (χ0n) is 16.5. The van der Waals surface area contributed by atoms with Crippen molar-refractivity contribution >= 4 is 49.8 Å². The fraction of sp³-hybridized carbons (Fsp3) is 0.316. The molecule has 0 spiro atoms. The van der Waals surface area contributed by atoms with E-state index in [1.807, 2.05) is 12.1 Å². The number of hydrogen-bond acceptors (Lipinski definition) is 9. The zero-order chi connectivity index (χ0) is 21.7. The number of sulfonamides is 1. The Bertz CT molecular complexity index is 1110. The first-order chi connectivity index (χ1) is 15.0. The average Bonchev–Trinajstić information content (AvgIpc) is 3.54. The van der Waals surface area contributed by atoms with E-state index in [2.05, 4.69) is 20.8 Å². The molecule has 9 nitrogen and oxygen atoms in total. The molecule has 0 radical (unpaired) electrons. The van der Waals surface area contributed by atoms with Crippen LogP contribution in [0.25, 0.3) is 0 Å². The van der Waals surface area contributed by atoms with Gasteiger partial charge in [-0.2, -0.15) is 4.31 Å². The van der Waals surface area contributed by atoms with Crippen LogP contribution in [-0.2, 0) is 21.4 Å². The predicted octanol–water partition coefficient (Wildman–Crippen LogP) is 3.26. The molecule has 31 heavy (non-hydrogen) atoms. The molecule has 1 aliphatic rings. The topological polar surface area (TPSA) is 117 Å². The van der Waals surface area contributed by atoms with Crippen molar-refractivity contribution < 1.29 is 17.6 Å². The number of furan rings is 1. The number of carbonyl (C=O) groups is 1. The van der Waals surface area contributed by atoms with Crippen LogP contribution < -0.4 is 10.6 Å². The third-order valence-corrected chi connectivity index (χ3v) is 8.50. The monoisotopic (exact) mass is 479 g/mol. The van der Waals surface area contributed by atoms with Gasteiger partial charge in [-0.25, -0.2) is 8.42 Å². The number of anilines is 2. The number of thioether (sulfide) groups is 1. The molecular weight excluding hydrogens is 458 g/mol. The van der Waals surface area contributed by atoms with E-state index >= 15 is 0 Å². The van der Waals surface area contributed by atoms with Gasteiger partial charge in [-0.1, -0.05) is 23.1 Å². The zero-order valence-corrected chi connectivity index (χ0v) is 18.9. The highest BCUT2D eigenvalue weighted by Gasteiger charge is 2.26. The van der Waals surface area contributed by atoms with Gasteiger partial charge in [0.2, 0.25) is 21.1 Å². The summed E-state index contributed by atoms with van der Waals surface area (Å²) in [6.45, 7) is 1.63. The molecule has 1 aliphatic heterocycles. The van der Waals surface area contributed by atoms with Crippen LogP contribution in [0.4, 0.5) is 10.8 Å². The number of hydrogen-bond donors (Lipinski definition) is 2. The van der Waals surface area contributed by atoms with Crippen molar-refractivity contribution in [2.24, 2.45) is 0 Å². The molecule has 1 amide bonds. The fourth-order valence-electron chi connectivity index (χ4n) is 3.03. The van der Waals surface area contributed by atoms with Crippen molar-refractivity contribution in [3.05, 3.63) is 48.4 Å². The molecule has 0 unspecified atom stereocenters. The lowest BCUT2D eigenvalue weighted by Gasteiger charge is -2.15. The van der Waals surface area contributed by atoms with Crippen LogP contribution in [0.15, 0.2) is 56.3 Å². The van der Waals surface area contributed by atoms with Crippen LogP contribution in [0.5, 0.6) is 0 Å². The molecule has 1 saturated heterocycles. The van der Waals surface area contributed by atoms with Gasteiger partial charge >= 0.3 is 0 Å². The maximum atomic E-state index is 12.6. The van der Waals surface area contributed by atoms with Gasteiger partial charge < -0.3 is 15.1 Å². The van der Waals surface area contributed by atoms with Crippen LogP contribution >= 0.6 is 23.1 Å². The first-order valence-corrected chi connectivity index (χ1v) is 12.9. The molecule has 0 atom stereocenters. The normalized spacial score (nSPS) is 14.6. The van der Waals surface area contributed by atoms with Gasteiger partial charge in [-0.15, -0.1) is 10.2 Å². The largest absolute Gasteiger partial charge is 0.467 e. The van der Waals surface area contributed by atoms with Gasteiger partial charge in [0.1, 0.15) is 5.76 Å². The van der Waals surface area contributed by atoms with Crippen molar-refractivity contribution in [3.8, 4) is 0 Å². The Morgan fingerprint density at radius 3 is 2.65 bits per heavy atom. The number of amides is 1. The van der Waals surface area contributed by atoms with Crippen molar-refractivity contribution in [1.29, 1.82) is 0 Å². The molecular formula is C19H21N5O4S3. The molecule has 0 bridgehead atoms. The minimum absolute atomic E-state index is 0.167. The Hall–Kier alpha value is -2.41. The Morgan fingerprint density at radius 1 is 1.16 bits per heavy atom. The second-order valence-corrected chi connectivity index (χ2v) is 10.9. The summed E-state index contributed by atoms with van der Waals surface area (Å²) >= 11 is 2.64. The van der Waals surface area contributed by atoms with Crippen LogP contribution in [0.2, 0.25) is 0 Å². The van der Waals surface area contributed by atoms with Gasteiger partial charge in [0, 0.05) is 18.8 Å². The number of nitrogens with zero attached hydrogens (tertiary/aromatic N) is 3. The number of carbonyl (C=O) groups excluding carboxylic acids is 1. The van der Waals surface area contributed by atoms with Crippen LogP contribution in [-0.4, -0.2) is 47.7 Å². The van der Waals surface area contributed by atoms with E-state index in [1.165, 1.54) is 39.5 Å². The molecule has 3 aromatic rings. The summed E-state index contributed by atoms with van der Waals surface area (Å²) in [5, 5.41) is 14.6. The van der Waals surface area contributed by atoms with Gasteiger partial charge in [0.25, 0.3) is 0 Å². The minimum atomic E-state index is -3.46. The Labute approximate surface area is 188 Å². The fourth-order valence-corrected chi connectivity index (χ4v) is 6.09. The van der Waals surface area contributed by atoms with Crippen molar-refractivity contribution in [1.82, 2.24) is 14.5 Å². The molecule has 2 N–H and O–H groups in total. The molecule has 1 aromatic carbocycles. The standard InChI is InChI=1S/C19H21N5O4S3/c25-17(13-29-19-23-22-18(30-19)20-12-15-4-3-11-28-15)21-14-5-7-16(8-6-14)31(26,27)24-9-1-2-10-24/h3-8,11H,1-2,9-10,12-13H2,(H,20,22)(H,21,25). The first kappa shape index (κ1) is 21.8. The minimum Gasteiger partial charge on any atom is -0.467 e. The van der Waals surface area contributed by atoms with Crippen molar-refractivity contribution in [2.45, 2.75) is 28.6 Å². The smallest absolute Gasteiger partial charge is 0.243 e. The van der Waals surface area contributed by atoms with Gasteiger partial charge in [-0.05, 0) is 49.2 Å². The Kier molecular flexibility index (Phi) is 6.90. The second-order valence-electron chi connectivity index (χ2n) is 6.78. The lowest BCUT2D eigenvalue weighted by Crippen LogP contribution is -2.27. The van der Waals surface area contributed by atoms with Gasteiger partial charge in [0.15, 0.2) is 4.34 Å². The molecule has 0 aliphatic carbocycles. The number of aromatic nitrogens is 2. The highest BCUT2D eigenvalue weighted by atomic mass is 32.2. The summed E-state index contributed by atoms with van der Waals surface area (Å²) in [6, 6.07) is 9.94. The Morgan fingerprint density at radius 2 is 1.94 bits per heavy atom. The average molecular weight is 480 g/mol. The summed E-state index contributed by atoms with van der Waals surface area (Å²) in [5.41, 5.74) is 0.545. The second kappa shape index (κ2) is 9.81. The highest BCUT2D eigenvalue weighted by molar-refractivity contribution is 8.01. The SMILES string of the molecule is O=C(CSc1nnc(NCc2ccco2)s1)Nc1ccc(S(=O)(=O)N2CCCC2)cc1. The Balaban J connectivity index is 1.25. The summed E-state index contributed by atoms with van der Waals surface area (Å²) in [7, 11) is -3.46. The highest BCUT2D eigenvalue weighted by Crippen LogP contribution is 2.26. The lowest BCUT2D eigenvalue weighted by atomic mass is 10.3. The van der Waals surface area contributed by atoms with Crippen LogP contribution in [0.1, 0.15) is 18.6 Å². The lowest BCUT2D eigenvalue weighted by molar-refractivity contribution is -0.113. The molecule has 164 valence electrons. The van der Waals surface area contributed by atoms with E-state index in [1.54, 1.807) is 18.4 Å². The van der Waals surface area contributed by atoms with Crippen LogP contribution in [0.3, 0.4) is 0 Å². The molecule has 3 heterocycles. The number of benzene rings is 1. The number of rotatable bonds is 9. The first-order valence-electron chi connectivity index (χ1n) is 9.63. The van der Waals surface area contributed by atoms with Crippen LogP contribution in [0, 0.1) is 0 Å². The van der Waals surface area contributed by atoms with E-state index in [9.17, 15) is 13.2 Å². The molecule has 12 heteroatoms. The maximum Gasteiger partial charge on any atom is 0.243 e. The summed E-state index contributed by atoms with van der Waals surface area (Å²) < 4.78 is 32.5. The van der Waals surface area contributed by atoms with E-state index in [0.717, 1.165) is 18.6 Å². The van der Waals surface area contributed by atoms with Gasteiger partial charge in [-0.3, -0.25) is 4.79 Å². The third-order valence-electron chi connectivity index (χ3n) is 4.57. The van der Waals surface area contributed by atoms with Crippen molar-refractivity contribution in [2.75, 3.05) is 29.5 Å². The van der Waals surface area contributed by atoms with E-state index < -0.39 is 10.0 Å². The van der Waals surface area contributed by atoms with Crippen molar-refractivity contribution in [3.63, 3.8) is 0 Å². The summed E-state index contributed by atoms with van der Waals surface area (Å²) in [4.78, 5) is 12.5. The third kappa shape index (κ3) is 5.64. The molecule has 0 saturated carbocycles. The summed E-state index contributed by atoms with van der Waals surface area (Å²) in [5.74, 6) is 0.754. The summed E-state index contributed by atoms with van der Waals surface area (Å²) in [6.07, 6.45) is 3.39. The van der Waals surface area contributed by atoms with Gasteiger partial charge in [0.05, 0.1) is 23.5 Å². The van der Waals surface area contributed by atoms with E-state index in [-0.39, 0.29) is 16.6 Å².